The van der Waals surface area contributed by atoms with Crippen LogP contribution in [0.1, 0.15) is 32.3 Å². The third-order valence-electron chi connectivity index (χ3n) is 4.32. The first-order valence-corrected chi connectivity index (χ1v) is 9.25. The van der Waals surface area contributed by atoms with E-state index < -0.39 is 0 Å². The predicted octanol–water partition coefficient (Wildman–Crippen LogP) is 2.56. The van der Waals surface area contributed by atoms with E-state index in [0.29, 0.717) is 11.2 Å². The van der Waals surface area contributed by atoms with Gasteiger partial charge >= 0.3 is 0 Å². The minimum Gasteiger partial charge on any atom is -0.356 e. The lowest BCUT2D eigenvalue weighted by Crippen LogP contribution is -2.46. The molecule has 0 aliphatic carbocycles. The molecule has 1 aromatic heterocycles. The Balaban J connectivity index is 1.71. The molecule has 1 aliphatic heterocycles. The molecule has 0 aromatic carbocycles. The monoisotopic (exact) mass is 351 g/mol. The maximum atomic E-state index is 5.81. The number of halogens is 1. The number of guanidine groups is 1. The normalized spacial score (nSPS) is 19.0. The fourth-order valence-electron chi connectivity index (χ4n) is 3.15. The van der Waals surface area contributed by atoms with E-state index in [1.165, 1.54) is 31.5 Å². The van der Waals surface area contributed by atoms with E-state index >= 15 is 0 Å². The van der Waals surface area contributed by atoms with Gasteiger partial charge in [-0.15, -0.1) is 0 Å². The number of hydrogen-bond donors (Lipinski definition) is 2. The van der Waals surface area contributed by atoms with E-state index in [0.717, 1.165) is 31.4 Å². The Hall–Kier alpha value is -1.33. The molecule has 2 heterocycles. The van der Waals surface area contributed by atoms with Gasteiger partial charge in [-0.25, -0.2) is 4.98 Å². The van der Waals surface area contributed by atoms with Crippen molar-refractivity contribution in [1.82, 2.24) is 20.5 Å². The second kappa shape index (κ2) is 9.84. The third-order valence-corrected chi connectivity index (χ3v) is 4.55. The Kier molecular flexibility index (Phi) is 7.79. The average Bonchev–Trinajstić information content (AvgIpc) is 2.99. The van der Waals surface area contributed by atoms with Crippen molar-refractivity contribution in [1.29, 1.82) is 0 Å². The van der Waals surface area contributed by atoms with E-state index in [-0.39, 0.29) is 0 Å². The van der Waals surface area contributed by atoms with Gasteiger partial charge in [0.1, 0.15) is 5.15 Å². The van der Waals surface area contributed by atoms with Crippen molar-refractivity contribution in [2.75, 3.05) is 33.2 Å². The quantitative estimate of drug-likeness (QED) is 0.450. The van der Waals surface area contributed by atoms with Crippen LogP contribution >= 0.6 is 11.6 Å². The lowest BCUT2D eigenvalue weighted by molar-refractivity contribution is 0.226. The van der Waals surface area contributed by atoms with Crippen molar-refractivity contribution in [3.63, 3.8) is 0 Å². The van der Waals surface area contributed by atoms with Crippen LogP contribution in [0.5, 0.6) is 0 Å². The molecule has 5 nitrogen and oxygen atoms in total. The lowest BCUT2D eigenvalue weighted by atomic mass is 10.1. The molecule has 0 bridgehead atoms. The standard InChI is InChI=1S/C18H30ClN5/c1-14(2)13-24-10-4-5-16(24)12-23-18(20-3)21-9-8-15-6-7-17(19)22-11-15/h6-7,11,14,16H,4-5,8-10,12-13H2,1-3H3,(H2,20,21,23)/t16-/m1/s1. The minimum atomic E-state index is 0.534. The van der Waals surface area contributed by atoms with Crippen molar-refractivity contribution in [3.8, 4) is 0 Å². The van der Waals surface area contributed by atoms with Crippen molar-refractivity contribution < 1.29 is 0 Å². The number of nitrogens with one attached hydrogen (secondary N) is 2. The Morgan fingerprint density at radius 2 is 2.25 bits per heavy atom. The summed E-state index contributed by atoms with van der Waals surface area (Å²) >= 11 is 5.81. The Morgan fingerprint density at radius 1 is 1.42 bits per heavy atom. The summed E-state index contributed by atoms with van der Waals surface area (Å²) in [5.74, 6) is 1.59. The molecule has 24 heavy (non-hydrogen) atoms. The number of rotatable bonds is 7. The molecule has 1 aromatic rings. The van der Waals surface area contributed by atoms with Crippen LogP contribution in [0.3, 0.4) is 0 Å². The van der Waals surface area contributed by atoms with Crippen LogP contribution in [0.25, 0.3) is 0 Å². The topological polar surface area (TPSA) is 52.6 Å². The summed E-state index contributed by atoms with van der Waals surface area (Å²) in [6, 6.07) is 4.45. The van der Waals surface area contributed by atoms with E-state index in [1.54, 1.807) is 0 Å². The molecule has 0 saturated carbocycles. The first-order valence-electron chi connectivity index (χ1n) is 8.87. The lowest BCUT2D eigenvalue weighted by Gasteiger charge is -2.27. The summed E-state index contributed by atoms with van der Waals surface area (Å²) in [6.07, 6.45) is 5.29. The zero-order valence-corrected chi connectivity index (χ0v) is 15.8. The summed E-state index contributed by atoms with van der Waals surface area (Å²) in [5, 5.41) is 7.38. The first-order chi connectivity index (χ1) is 11.6. The van der Waals surface area contributed by atoms with Gasteiger partial charge in [-0.3, -0.25) is 9.89 Å². The fraction of sp³-hybridized carbons (Fsp3) is 0.667. The van der Waals surface area contributed by atoms with Crippen LogP contribution < -0.4 is 10.6 Å². The van der Waals surface area contributed by atoms with Crippen molar-refractivity contribution in [2.45, 2.75) is 39.2 Å². The van der Waals surface area contributed by atoms with Crippen LogP contribution in [0, 0.1) is 5.92 Å². The highest BCUT2D eigenvalue weighted by molar-refractivity contribution is 6.29. The van der Waals surface area contributed by atoms with E-state index in [4.69, 9.17) is 11.6 Å². The summed E-state index contributed by atoms with van der Waals surface area (Å²) in [7, 11) is 1.82. The van der Waals surface area contributed by atoms with Gasteiger partial charge in [0, 0.05) is 38.9 Å². The number of nitrogens with zero attached hydrogens (tertiary/aromatic N) is 3. The van der Waals surface area contributed by atoms with Gasteiger partial charge in [0.05, 0.1) is 0 Å². The molecule has 134 valence electrons. The van der Waals surface area contributed by atoms with Gasteiger partial charge in [0.25, 0.3) is 0 Å². The van der Waals surface area contributed by atoms with Crippen LogP contribution in [-0.2, 0) is 6.42 Å². The minimum absolute atomic E-state index is 0.534. The molecule has 0 radical (unpaired) electrons. The highest BCUT2D eigenvalue weighted by Gasteiger charge is 2.24. The molecule has 0 unspecified atom stereocenters. The van der Waals surface area contributed by atoms with E-state index in [9.17, 15) is 0 Å². The highest BCUT2D eigenvalue weighted by Crippen LogP contribution is 2.17. The Bertz CT molecular complexity index is 515. The number of pyridine rings is 1. The SMILES string of the molecule is CN=C(NCCc1ccc(Cl)nc1)NC[C@H]1CCCN1CC(C)C. The smallest absolute Gasteiger partial charge is 0.191 e. The highest BCUT2D eigenvalue weighted by atomic mass is 35.5. The van der Waals surface area contributed by atoms with Crippen molar-refractivity contribution in [2.24, 2.45) is 10.9 Å². The number of hydrogen-bond acceptors (Lipinski definition) is 3. The number of aliphatic imine (C=N–C) groups is 1. The molecular formula is C18H30ClN5. The third kappa shape index (κ3) is 6.29. The zero-order chi connectivity index (χ0) is 17.4. The van der Waals surface area contributed by atoms with Gasteiger partial charge in [-0.1, -0.05) is 31.5 Å². The molecule has 1 aliphatic rings. The van der Waals surface area contributed by atoms with Gasteiger partial charge < -0.3 is 10.6 Å². The summed E-state index contributed by atoms with van der Waals surface area (Å²) in [5.41, 5.74) is 1.17. The predicted molar refractivity (Wildman–Crippen MR) is 102 cm³/mol. The molecule has 1 fully saturated rings. The molecular weight excluding hydrogens is 322 g/mol. The number of likely N-dealkylation sites (tertiary alicyclic amines) is 1. The van der Waals surface area contributed by atoms with Gasteiger partial charge in [-0.05, 0) is 43.4 Å². The Morgan fingerprint density at radius 3 is 2.92 bits per heavy atom. The largest absolute Gasteiger partial charge is 0.356 e. The van der Waals surface area contributed by atoms with Crippen LogP contribution in [0.15, 0.2) is 23.3 Å². The summed E-state index contributed by atoms with van der Waals surface area (Å²) in [4.78, 5) is 11.0. The van der Waals surface area contributed by atoms with Gasteiger partial charge in [0.2, 0.25) is 0 Å². The van der Waals surface area contributed by atoms with Crippen LogP contribution in [0.4, 0.5) is 0 Å². The van der Waals surface area contributed by atoms with E-state index in [2.05, 4.69) is 39.4 Å². The van der Waals surface area contributed by atoms with Crippen LogP contribution in [0.2, 0.25) is 5.15 Å². The fourth-order valence-corrected chi connectivity index (χ4v) is 3.26. The van der Waals surface area contributed by atoms with Gasteiger partial charge in [0.15, 0.2) is 5.96 Å². The molecule has 1 atom stereocenters. The Labute approximate surface area is 150 Å². The molecule has 2 rings (SSSR count). The average molecular weight is 352 g/mol. The van der Waals surface area contributed by atoms with Crippen LogP contribution in [-0.4, -0.2) is 55.1 Å². The zero-order valence-electron chi connectivity index (χ0n) is 15.1. The van der Waals surface area contributed by atoms with Gasteiger partial charge in [-0.2, -0.15) is 0 Å². The molecule has 0 amide bonds. The maximum Gasteiger partial charge on any atom is 0.191 e. The van der Waals surface area contributed by atoms with Crippen molar-refractivity contribution in [3.05, 3.63) is 29.0 Å². The summed E-state index contributed by atoms with van der Waals surface area (Å²) in [6.45, 7) is 8.75. The molecule has 2 N–H and O–H groups in total. The summed E-state index contributed by atoms with van der Waals surface area (Å²) < 4.78 is 0. The molecule has 6 heteroatoms. The number of aromatic nitrogens is 1. The maximum absolute atomic E-state index is 5.81. The second-order valence-corrected chi connectivity index (χ2v) is 7.19. The molecule has 1 saturated heterocycles. The van der Waals surface area contributed by atoms with Crippen molar-refractivity contribution >= 4 is 17.6 Å². The molecule has 0 spiro atoms. The second-order valence-electron chi connectivity index (χ2n) is 6.80. The first kappa shape index (κ1) is 19.0. The van der Waals surface area contributed by atoms with E-state index in [1.807, 2.05) is 25.4 Å².